The van der Waals surface area contributed by atoms with Crippen molar-refractivity contribution in [3.63, 3.8) is 0 Å². The second-order valence-electron chi connectivity index (χ2n) is 5.23. The molecule has 0 aromatic heterocycles. The van der Waals surface area contributed by atoms with Crippen LogP contribution in [0.2, 0.25) is 0 Å². The Bertz CT molecular complexity index is 613. The summed E-state index contributed by atoms with van der Waals surface area (Å²) in [6.45, 7) is 3.03. The van der Waals surface area contributed by atoms with Crippen molar-refractivity contribution in [3.8, 4) is 11.5 Å². The Labute approximate surface area is 124 Å². The van der Waals surface area contributed by atoms with E-state index in [0.717, 1.165) is 36.7 Å². The fourth-order valence-electron chi connectivity index (χ4n) is 2.54. The predicted molar refractivity (Wildman–Crippen MR) is 80.4 cm³/mol. The lowest BCUT2D eigenvalue weighted by atomic mass is 10.1. The van der Waals surface area contributed by atoms with Gasteiger partial charge in [-0.15, -0.1) is 0 Å². The van der Waals surface area contributed by atoms with Crippen LogP contribution in [0.5, 0.6) is 11.5 Å². The Morgan fingerprint density at radius 1 is 1.05 bits per heavy atom. The lowest BCUT2D eigenvalue weighted by Crippen LogP contribution is -3.14. The number of hydrogen-bond donors (Lipinski definition) is 2. The van der Waals surface area contributed by atoms with E-state index in [-0.39, 0.29) is 5.91 Å². The molecular formula is C17H19N2O2+. The summed E-state index contributed by atoms with van der Waals surface area (Å²) in [7, 11) is 0. The highest BCUT2D eigenvalue weighted by atomic mass is 16.5. The first-order chi connectivity index (χ1) is 10.3. The van der Waals surface area contributed by atoms with Gasteiger partial charge in [0.05, 0.1) is 13.1 Å². The van der Waals surface area contributed by atoms with Crippen molar-refractivity contribution in [2.75, 3.05) is 19.6 Å². The van der Waals surface area contributed by atoms with E-state index in [1.54, 1.807) is 0 Å². The standard InChI is InChI=1S/C17H18N2O2/c20-17-13-19(11-10-18-17)12-14-6-4-5-9-16(14)21-15-7-2-1-3-8-15/h1-9H,10-13H2,(H,18,20)/p+1. The number of ether oxygens (including phenoxy) is 1. The Balaban J connectivity index is 1.74. The molecule has 1 aliphatic rings. The molecule has 1 unspecified atom stereocenters. The Morgan fingerprint density at radius 2 is 1.81 bits per heavy atom. The fourth-order valence-corrected chi connectivity index (χ4v) is 2.54. The van der Waals surface area contributed by atoms with Crippen molar-refractivity contribution in [1.82, 2.24) is 5.32 Å². The minimum absolute atomic E-state index is 0.123. The Morgan fingerprint density at radius 3 is 2.62 bits per heavy atom. The lowest BCUT2D eigenvalue weighted by Gasteiger charge is -2.24. The summed E-state index contributed by atoms with van der Waals surface area (Å²) in [5.74, 6) is 1.82. The van der Waals surface area contributed by atoms with Gasteiger partial charge in [0.25, 0.3) is 5.91 Å². The highest BCUT2D eigenvalue weighted by Crippen LogP contribution is 2.24. The van der Waals surface area contributed by atoms with Gasteiger partial charge >= 0.3 is 0 Å². The summed E-state index contributed by atoms with van der Waals surface area (Å²) >= 11 is 0. The molecule has 2 N–H and O–H groups in total. The van der Waals surface area contributed by atoms with Crippen molar-refractivity contribution in [2.24, 2.45) is 0 Å². The van der Waals surface area contributed by atoms with Gasteiger partial charge in [-0.3, -0.25) is 4.79 Å². The molecule has 2 aromatic carbocycles. The average molecular weight is 283 g/mol. The Hall–Kier alpha value is -2.33. The minimum Gasteiger partial charge on any atom is -0.457 e. The van der Waals surface area contributed by atoms with E-state index in [9.17, 15) is 4.79 Å². The molecule has 0 aliphatic carbocycles. The molecule has 108 valence electrons. The molecule has 1 atom stereocenters. The third kappa shape index (κ3) is 3.61. The van der Waals surface area contributed by atoms with E-state index in [4.69, 9.17) is 4.74 Å². The summed E-state index contributed by atoms with van der Waals surface area (Å²) in [4.78, 5) is 12.7. The summed E-state index contributed by atoms with van der Waals surface area (Å²) in [5, 5.41) is 2.86. The van der Waals surface area contributed by atoms with Crippen molar-refractivity contribution in [2.45, 2.75) is 6.54 Å². The average Bonchev–Trinajstić information content (AvgIpc) is 2.50. The van der Waals surface area contributed by atoms with Crippen LogP contribution < -0.4 is 15.0 Å². The Kier molecular flexibility index (Phi) is 4.17. The van der Waals surface area contributed by atoms with Crippen LogP contribution in [0.1, 0.15) is 5.56 Å². The first-order valence-corrected chi connectivity index (χ1v) is 7.22. The van der Waals surface area contributed by atoms with Crippen LogP contribution in [-0.2, 0) is 11.3 Å². The van der Waals surface area contributed by atoms with Crippen molar-refractivity contribution >= 4 is 5.91 Å². The molecule has 1 amide bonds. The van der Waals surface area contributed by atoms with Crippen LogP contribution in [0.3, 0.4) is 0 Å². The summed E-state index contributed by atoms with van der Waals surface area (Å²) in [6, 6.07) is 17.8. The monoisotopic (exact) mass is 283 g/mol. The topological polar surface area (TPSA) is 42.8 Å². The molecule has 1 saturated heterocycles. The van der Waals surface area contributed by atoms with Crippen LogP contribution in [0.4, 0.5) is 0 Å². The van der Waals surface area contributed by atoms with E-state index in [0.29, 0.717) is 6.54 Å². The molecule has 3 rings (SSSR count). The van der Waals surface area contributed by atoms with E-state index in [2.05, 4.69) is 11.4 Å². The largest absolute Gasteiger partial charge is 0.457 e. The molecule has 4 nitrogen and oxygen atoms in total. The summed E-state index contributed by atoms with van der Waals surface area (Å²) in [5.41, 5.74) is 1.13. The highest BCUT2D eigenvalue weighted by Gasteiger charge is 2.21. The van der Waals surface area contributed by atoms with Crippen molar-refractivity contribution < 1.29 is 14.4 Å². The molecule has 0 bridgehead atoms. The number of para-hydroxylation sites is 2. The SMILES string of the molecule is O=C1C[NH+](Cc2ccccc2Oc2ccccc2)CCN1. The number of hydrogen-bond acceptors (Lipinski definition) is 2. The molecule has 1 aliphatic heterocycles. The number of quaternary nitrogens is 1. The second kappa shape index (κ2) is 6.41. The first kappa shape index (κ1) is 13.6. The van der Waals surface area contributed by atoms with Gasteiger partial charge in [-0.1, -0.05) is 30.3 Å². The maximum atomic E-state index is 11.5. The van der Waals surface area contributed by atoms with Gasteiger partial charge in [0.2, 0.25) is 0 Å². The van der Waals surface area contributed by atoms with Gasteiger partial charge in [0.15, 0.2) is 6.54 Å². The third-order valence-corrected chi connectivity index (χ3v) is 3.60. The zero-order valence-corrected chi connectivity index (χ0v) is 11.8. The van der Waals surface area contributed by atoms with Gasteiger partial charge in [-0.05, 0) is 24.3 Å². The molecule has 4 heteroatoms. The minimum atomic E-state index is 0.123. The van der Waals surface area contributed by atoms with Gasteiger partial charge in [-0.2, -0.15) is 0 Å². The van der Waals surface area contributed by atoms with E-state index < -0.39 is 0 Å². The van der Waals surface area contributed by atoms with E-state index in [1.807, 2.05) is 48.5 Å². The number of carbonyl (C=O) groups is 1. The number of benzene rings is 2. The van der Waals surface area contributed by atoms with Crippen molar-refractivity contribution in [1.29, 1.82) is 0 Å². The lowest BCUT2D eigenvalue weighted by molar-refractivity contribution is -0.907. The molecule has 21 heavy (non-hydrogen) atoms. The van der Waals surface area contributed by atoms with E-state index >= 15 is 0 Å². The number of amides is 1. The van der Waals surface area contributed by atoms with Gasteiger partial charge < -0.3 is 15.0 Å². The smallest absolute Gasteiger partial charge is 0.275 e. The van der Waals surface area contributed by atoms with Gasteiger partial charge in [-0.25, -0.2) is 0 Å². The van der Waals surface area contributed by atoms with Crippen molar-refractivity contribution in [3.05, 3.63) is 60.2 Å². The molecule has 0 radical (unpaired) electrons. The number of nitrogens with one attached hydrogen (secondary N) is 2. The molecule has 1 heterocycles. The van der Waals surface area contributed by atoms with Crippen LogP contribution >= 0.6 is 0 Å². The predicted octanol–water partition coefficient (Wildman–Crippen LogP) is 0.994. The maximum Gasteiger partial charge on any atom is 0.275 e. The first-order valence-electron chi connectivity index (χ1n) is 7.22. The highest BCUT2D eigenvalue weighted by molar-refractivity contribution is 5.77. The third-order valence-electron chi connectivity index (χ3n) is 3.60. The normalized spacial score (nSPS) is 18.1. The second-order valence-corrected chi connectivity index (χ2v) is 5.23. The number of rotatable bonds is 4. The maximum absolute atomic E-state index is 11.5. The van der Waals surface area contributed by atoms with Gasteiger partial charge in [0.1, 0.15) is 18.0 Å². The van der Waals surface area contributed by atoms with Crippen LogP contribution in [0.25, 0.3) is 0 Å². The zero-order valence-electron chi connectivity index (χ0n) is 11.8. The molecule has 1 fully saturated rings. The molecule has 0 saturated carbocycles. The van der Waals surface area contributed by atoms with E-state index in [1.165, 1.54) is 4.90 Å². The van der Waals surface area contributed by atoms with Crippen LogP contribution in [0, 0.1) is 0 Å². The molecular weight excluding hydrogens is 264 g/mol. The quantitative estimate of drug-likeness (QED) is 0.879. The number of carbonyl (C=O) groups excluding carboxylic acids is 1. The molecule has 0 spiro atoms. The molecule has 2 aromatic rings. The number of piperazine rings is 1. The van der Waals surface area contributed by atoms with Crippen LogP contribution in [0.15, 0.2) is 54.6 Å². The summed E-state index contributed by atoms with van der Waals surface area (Å²) < 4.78 is 5.96. The van der Waals surface area contributed by atoms with Crippen LogP contribution in [-0.4, -0.2) is 25.5 Å². The fraction of sp³-hybridized carbons (Fsp3) is 0.235. The summed E-state index contributed by atoms with van der Waals surface area (Å²) in [6.07, 6.45) is 0. The zero-order chi connectivity index (χ0) is 14.5. The van der Waals surface area contributed by atoms with Gasteiger partial charge in [0, 0.05) is 5.56 Å².